The predicted octanol–water partition coefficient (Wildman–Crippen LogP) is 2.06. The summed E-state index contributed by atoms with van der Waals surface area (Å²) < 4.78 is 33.7. The number of carbonyl (C=O) groups is 1. The predicted molar refractivity (Wildman–Crippen MR) is 103 cm³/mol. The van der Waals surface area contributed by atoms with Crippen molar-refractivity contribution < 1.29 is 17.9 Å². The summed E-state index contributed by atoms with van der Waals surface area (Å²) in [5.41, 5.74) is 0.995. The minimum absolute atomic E-state index is 0.182. The van der Waals surface area contributed by atoms with E-state index in [2.05, 4.69) is 15.5 Å². The number of nitrogens with zero attached hydrogens (tertiary/aromatic N) is 5. The second kappa shape index (κ2) is 8.10. The molecule has 29 heavy (non-hydrogen) atoms. The van der Waals surface area contributed by atoms with Gasteiger partial charge in [0, 0.05) is 13.1 Å². The zero-order valence-electron chi connectivity index (χ0n) is 15.5. The maximum absolute atomic E-state index is 12.7. The lowest BCUT2D eigenvalue weighted by molar-refractivity contribution is 0.0734. The summed E-state index contributed by atoms with van der Waals surface area (Å²) in [7, 11) is -3.53. The molecule has 1 aliphatic heterocycles. The van der Waals surface area contributed by atoms with Gasteiger partial charge in [-0.3, -0.25) is 0 Å². The maximum Gasteiger partial charge on any atom is 0.343 e. The molecule has 2 heterocycles. The van der Waals surface area contributed by atoms with Gasteiger partial charge in [-0.1, -0.05) is 6.42 Å². The third-order valence-corrected chi connectivity index (χ3v) is 6.62. The molecule has 150 valence electrons. The molecule has 0 N–H and O–H groups in total. The summed E-state index contributed by atoms with van der Waals surface area (Å²) in [6, 6.07) is 12.5. The molecule has 0 aliphatic carbocycles. The van der Waals surface area contributed by atoms with Crippen LogP contribution in [-0.4, -0.2) is 52.0 Å². The van der Waals surface area contributed by atoms with Crippen molar-refractivity contribution in [2.24, 2.45) is 0 Å². The molecule has 0 amide bonds. The van der Waals surface area contributed by atoms with E-state index < -0.39 is 16.0 Å². The molecule has 9 nitrogen and oxygen atoms in total. The Morgan fingerprint density at radius 2 is 1.62 bits per heavy atom. The molecule has 0 radical (unpaired) electrons. The van der Waals surface area contributed by atoms with Gasteiger partial charge in [0.2, 0.25) is 10.0 Å². The number of piperidine rings is 1. The normalized spacial score (nSPS) is 15.2. The van der Waals surface area contributed by atoms with Crippen molar-refractivity contribution in [2.45, 2.75) is 24.2 Å². The highest BCUT2D eigenvalue weighted by molar-refractivity contribution is 7.89. The monoisotopic (exact) mass is 413 g/mol. The van der Waals surface area contributed by atoms with Gasteiger partial charge in [0.1, 0.15) is 12.1 Å². The van der Waals surface area contributed by atoms with Crippen LogP contribution in [0.15, 0.2) is 59.8 Å². The summed E-state index contributed by atoms with van der Waals surface area (Å²) in [5.74, 6) is -0.209. The van der Waals surface area contributed by atoms with Gasteiger partial charge in [0.25, 0.3) is 0 Å². The average Bonchev–Trinajstić information content (AvgIpc) is 3.30. The number of benzene rings is 2. The van der Waals surface area contributed by atoms with E-state index >= 15 is 0 Å². The number of carbonyl (C=O) groups excluding carboxylic acids is 1. The fourth-order valence-electron chi connectivity index (χ4n) is 3.13. The molecule has 10 heteroatoms. The van der Waals surface area contributed by atoms with Crippen LogP contribution in [0, 0.1) is 0 Å². The van der Waals surface area contributed by atoms with E-state index in [1.807, 2.05) is 0 Å². The molecule has 0 atom stereocenters. The van der Waals surface area contributed by atoms with Gasteiger partial charge in [-0.05, 0) is 71.8 Å². The van der Waals surface area contributed by atoms with Crippen LogP contribution in [0.5, 0.6) is 5.75 Å². The number of hydrogen-bond acceptors (Lipinski definition) is 7. The summed E-state index contributed by atoms with van der Waals surface area (Å²) in [4.78, 5) is 12.6. The van der Waals surface area contributed by atoms with Crippen LogP contribution >= 0.6 is 0 Å². The largest absolute Gasteiger partial charge is 0.423 e. The first-order valence-electron chi connectivity index (χ1n) is 9.20. The lowest BCUT2D eigenvalue weighted by atomic mass is 10.2. The van der Waals surface area contributed by atoms with Gasteiger partial charge in [-0.15, -0.1) is 5.10 Å². The quantitative estimate of drug-likeness (QED) is 0.465. The average molecular weight is 413 g/mol. The molecular formula is C19H19N5O4S. The number of esters is 1. The Hall–Kier alpha value is -3.11. The molecule has 1 fully saturated rings. The summed E-state index contributed by atoms with van der Waals surface area (Å²) in [6.07, 6.45) is 4.25. The molecule has 3 aromatic rings. The van der Waals surface area contributed by atoms with Crippen LogP contribution in [0.4, 0.5) is 0 Å². The summed E-state index contributed by atoms with van der Waals surface area (Å²) >= 11 is 0. The van der Waals surface area contributed by atoms with E-state index in [-0.39, 0.29) is 10.5 Å². The lowest BCUT2D eigenvalue weighted by Gasteiger charge is -2.25. The van der Waals surface area contributed by atoms with E-state index in [4.69, 9.17) is 4.74 Å². The second-order valence-corrected chi connectivity index (χ2v) is 8.56. The lowest BCUT2D eigenvalue weighted by Crippen LogP contribution is -2.35. The Morgan fingerprint density at radius 3 is 2.24 bits per heavy atom. The second-order valence-electron chi connectivity index (χ2n) is 6.63. The molecule has 0 saturated carbocycles. The highest BCUT2D eigenvalue weighted by Gasteiger charge is 2.26. The van der Waals surface area contributed by atoms with E-state index in [9.17, 15) is 13.2 Å². The molecule has 1 saturated heterocycles. The number of hydrogen-bond donors (Lipinski definition) is 0. The number of tetrazole rings is 1. The Balaban J connectivity index is 1.44. The third-order valence-electron chi connectivity index (χ3n) is 4.70. The topological polar surface area (TPSA) is 107 Å². The minimum Gasteiger partial charge on any atom is -0.423 e. The van der Waals surface area contributed by atoms with Gasteiger partial charge >= 0.3 is 5.97 Å². The van der Waals surface area contributed by atoms with Crippen molar-refractivity contribution in [1.29, 1.82) is 0 Å². The van der Waals surface area contributed by atoms with Gasteiger partial charge in [-0.2, -0.15) is 4.31 Å². The standard InChI is InChI=1S/C19H19N5O4S/c25-19(28-17-8-6-16(7-9-17)24-14-20-21-22-24)15-4-10-18(11-5-15)29(26,27)23-12-2-1-3-13-23/h4-11,14H,1-3,12-13H2. The van der Waals surface area contributed by atoms with Gasteiger partial charge < -0.3 is 4.74 Å². The number of sulfonamides is 1. The summed E-state index contributed by atoms with van der Waals surface area (Å²) in [6.45, 7) is 1.07. The van der Waals surface area contributed by atoms with Gasteiger partial charge in [-0.25, -0.2) is 17.9 Å². The molecule has 0 unspecified atom stereocenters. The molecule has 2 aromatic carbocycles. The Morgan fingerprint density at radius 1 is 0.931 bits per heavy atom. The van der Waals surface area contributed by atoms with Crippen LogP contribution in [0.25, 0.3) is 5.69 Å². The van der Waals surface area contributed by atoms with Gasteiger partial charge in [0.05, 0.1) is 16.1 Å². The van der Waals surface area contributed by atoms with Crippen molar-refractivity contribution in [3.8, 4) is 11.4 Å². The van der Waals surface area contributed by atoms with Crippen LogP contribution in [0.3, 0.4) is 0 Å². The van der Waals surface area contributed by atoms with Crippen LogP contribution in [-0.2, 0) is 10.0 Å². The smallest absolute Gasteiger partial charge is 0.343 e. The first kappa shape index (κ1) is 19.2. The minimum atomic E-state index is -3.53. The number of aromatic nitrogens is 4. The highest BCUT2D eigenvalue weighted by atomic mass is 32.2. The Kier molecular flexibility index (Phi) is 5.36. The van der Waals surface area contributed by atoms with E-state index in [0.29, 0.717) is 18.8 Å². The van der Waals surface area contributed by atoms with Crippen molar-refractivity contribution in [3.63, 3.8) is 0 Å². The van der Waals surface area contributed by atoms with Crippen LogP contribution in [0.1, 0.15) is 29.6 Å². The van der Waals surface area contributed by atoms with E-state index in [0.717, 1.165) is 24.9 Å². The molecule has 0 bridgehead atoms. The van der Waals surface area contributed by atoms with Crippen molar-refractivity contribution in [3.05, 3.63) is 60.4 Å². The van der Waals surface area contributed by atoms with Crippen LogP contribution in [0.2, 0.25) is 0 Å². The maximum atomic E-state index is 12.7. The molecule has 4 rings (SSSR count). The summed E-state index contributed by atoms with van der Waals surface area (Å²) in [5, 5.41) is 10.9. The van der Waals surface area contributed by atoms with E-state index in [1.54, 1.807) is 24.3 Å². The third kappa shape index (κ3) is 4.17. The Labute approximate surface area is 168 Å². The molecule has 0 spiro atoms. The molecule has 1 aliphatic rings. The number of ether oxygens (including phenoxy) is 1. The fourth-order valence-corrected chi connectivity index (χ4v) is 4.65. The van der Waals surface area contributed by atoms with Crippen LogP contribution < -0.4 is 4.74 Å². The Bertz CT molecular complexity index is 1070. The highest BCUT2D eigenvalue weighted by Crippen LogP contribution is 2.22. The number of rotatable bonds is 5. The molecular weight excluding hydrogens is 394 g/mol. The van der Waals surface area contributed by atoms with Crippen molar-refractivity contribution >= 4 is 16.0 Å². The SMILES string of the molecule is O=C(Oc1ccc(-n2cnnn2)cc1)c1ccc(S(=O)(=O)N2CCCCC2)cc1. The zero-order chi connectivity index (χ0) is 20.3. The van der Waals surface area contributed by atoms with Gasteiger partial charge in [0.15, 0.2) is 0 Å². The first-order chi connectivity index (χ1) is 14.0. The molecule has 1 aromatic heterocycles. The van der Waals surface area contributed by atoms with Crippen molar-refractivity contribution in [1.82, 2.24) is 24.5 Å². The van der Waals surface area contributed by atoms with E-state index in [1.165, 1.54) is 39.6 Å². The first-order valence-corrected chi connectivity index (χ1v) is 10.6. The van der Waals surface area contributed by atoms with Crippen molar-refractivity contribution in [2.75, 3.05) is 13.1 Å². The fraction of sp³-hybridized carbons (Fsp3) is 0.263. The zero-order valence-corrected chi connectivity index (χ0v) is 16.3.